The molecule has 3 saturated heterocycles. The van der Waals surface area contributed by atoms with Crippen LogP contribution in [0.3, 0.4) is 0 Å². The topological polar surface area (TPSA) is 61.4 Å². The van der Waals surface area contributed by atoms with Crippen LogP contribution in [0, 0.1) is 30.6 Å². The van der Waals surface area contributed by atoms with E-state index >= 15 is 0 Å². The number of amides is 1. The number of piperidine rings is 2. The number of hydrogen-bond donors (Lipinski definition) is 2. The van der Waals surface area contributed by atoms with Gasteiger partial charge in [-0.25, -0.2) is 0 Å². The zero-order chi connectivity index (χ0) is 24.7. The van der Waals surface area contributed by atoms with E-state index < -0.39 is 5.54 Å². The van der Waals surface area contributed by atoms with Gasteiger partial charge in [0, 0.05) is 37.5 Å². The normalized spacial score (nSPS) is 31.6. The Hall–Kier alpha value is -2.50. The second-order valence-corrected chi connectivity index (χ2v) is 11.5. The second-order valence-electron chi connectivity index (χ2n) is 11.5. The standard InChI is InChI=1S/C30H39N3O2/c1-19(2)17-33-18-24-15-30(29(35)31-16-23-12-10-20(3)11-13-23)25(14-22-8-6-5-7-9-22)28(33)26(24)27(32-30)21(4)34/h5-13,19,24-28,32H,14-18H2,1-4H3,(H,31,35)/t24-,25-,26+,27?,28-,30+/m1/s1. The lowest BCUT2D eigenvalue weighted by Gasteiger charge is -2.59. The highest BCUT2D eigenvalue weighted by atomic mass is 16.2. The van der Waals surface area contributed by atoms with Crippen molar-refractivity contribution >= 4 is 11.7 Å². The molecule has 0 radical (unpaired) electrons. The van der Waals surface area contributed by atoms with Gasteiger partial charge in [0.2, 0.25) is 5.91 Å². The van der Waals surface area contributed by atoms with E-state index in [0.717, 1.165) is 31.5 Å². The molecule has 186 valence electrons. The zero-order valence-corrected chi connectivity index (χ0v) is 21.5. The highest BCUT2D eigenvalue weighted by Gasteiger charge is 2.68. The first-order chi connectivity index (χ1) is 16.8. The Bertz CT molecular complexity index is 1070. The number of benzene rings is 2. The van der Waals surface area contributed by atoms with E-state index in [1.807, 2.05) is 6.07 Å². The zero-order valence-electron chi connectivity index (χ0n) is 21.5. The molecule has 5 heteroatoms. The van der Waals surface area contributed by atoms with Crippen LogP contribution >= 0.6 is 0 Å². The summed E-state index contributed by atoms with van der Waals surface area (Å²) in [5.74, 6) is 1.49. The van der Waals surface area contributed by atoms with Gasteiger partial charge in [0.1, 0.15) is 11.3 Å². The van der Waals surface area contributed by atoms with Crippen LogP contribution in [0.25, 0.3) is 0 Å². The molecule has 1 aliphatic carbocycles. The Kier molecular flexibility index (Phi) is 6.58. The monoisotopic (exact) mass is 473 g/mol. The van der Waals surface area contributed by atoms with Gasteiger partial charge in [-0.05, 0) is 49.7 Å². The van der Waals surface area contributed by atoms with E-state index in [1.54, 1.807) is 6.92 Å². The van der Waals surface area contributed by atoms with Gasteiger partial charge in [-0.1, -0.05) is 74.0 Å². The number of nitrogens with one attached hydrogen (secondary N) is 2. The molecular formula is C30H39N3O2. The van der Waals surface area contributed by atoms with Gasteiger partial charge < -0.3 is 5.32 Å². The molecule has 2 N–H and O–H groups in total. The van der Waals surface area contributed by atoms with Gasteiger partial charge in [0.25, 0.3) is 0 Å². The third-order valence-corrected chi connectivity index (χ3v) is 8.57. The molecule has 4 aliphatic rings. The minimum Gasteiger partial charge on any atom is -0.350 e. The Morgan fingerprint density at radius 2 is 1.80 bits per heavy atom. The van der Waals surface area contributed by atoms with Crippen molar-refractivity contribution in [3.05, 3.63) is 71.3 Å². The molecule has 0 aromatic heterocycles. The summed E-state index contributed by atoms with van der Waals surface area (Å²) in [5, 5.41) is 6.94. The third-order valence-electron chi connectivity index (χ3n) is 8.57. The van der Waals surface area contributed by atoms with Crippen LogP contribution in [0.1, 0.15) is 43.9 Å². The molecule has 3 heterocycles. The van der Waals surface area contributed by atoms with Crippen molar-refractivity contribution in [2.75, 3.05) is 13.1 Å². The molecule has 6 rings (SSSR count). The Labute approximate surface area is 209 Å². The van der Waals surface area contributed by atoms with Gasteiger partial charge in [0.05, 0.1) is 6.04 Å². The van der Waals surface area contributed by atoms with Crippen LogP contribution in [0.5, 0.6) is 0 Å². The second kappa shape index (κ2) is 9.51. The fourth-order valence-corrected chi connectivity index (χ4v) is 7.23. The average molecular weight is 474 g/mol. The first-order valence-corrected chi connectivity index (χ1v) is 13.2. The van der Waals surface area contributed by atoms with Crippen molar-refractivity contribution in [3.63, 3.8) is 0 Å². The maximum absolute atomic E-state index is 14.1. The van der Waals surface area contributed by atoms with Crippen LogP contribution in [0.2, 0.25) is 0 Å². The summed E-state index contributed by atoms with van der Waals surface area (Å²) in [5.41, 5.74) is 2.81. The number of Topliss-reactive ketones (excluding diaryl/α,β-unsaturated/α-hetero) is 1. The number of rotatable bonds is 8. The lowest BCUT2D eigenvalue weighted by molar-refractivity contribution is -0.146. The number of fused-ring (bicyclic) bond motifs is 1. The van der Waals surface area contributed by atoms with Gasteiger partial charge in [-0.3, -0.25) is 19.8 Å². The summed E-state index contributed by atoms with van der Waals surface area (Å²) in [7, 11) is 0. The molecule has 35 heavy (non-hydrogen) atoms. The van der Waals surface area contributed by atoms with E-state index in [9.17, 15) is 9.59 Å². The molecule has 4 bridgehead atoms. The predicted molar refractivity (Wildman–Crippen MR) is 139 cm³/mol. The van der Waals surface area contributed by atoms with Crippen molar-refractivity contribution < 1.29 is 9.59 Å². The number of aryl methyl sites for hydroxylation is 1. The summed E-state index contributed by atoms with van der Waals surface area (Å²) in [4.78, 5) is 29.6. The van der Waals surface area contributed by atoms with Gasteiger partial charge in [-0.2, -0.15) is 0 Å². The maximum Gasteiger partial charge on any atom is 0.240 e. The first kappa shape index (κ1) is 24.2. The summed E-state index contributed by atoms with van der Waals surface area (Å²) < 4.78 is 0. The lowest BCUT2D eigenvalue weighted by Crippen LogP contribution is -2.78. The first-order valence-electron chi connectivity index (χ1n) is 13.2. The van der Waals surface area contributed by atoms with Gasteiger partial charge in [-0.15, -0.1) is 0 Å². The lowest BCUT2D eigenvalue weighted by atomic mass is 9.55. The molecule has 6 atom stereocenters. The number of ketones is 1. The molecule has 4 fully saturated rings. The molecule has 2 aromatic carbocycles. The summed E-state index contributed by atoms with van der Waals surface area (Å²) in [6, 6.07) is 18.8. The van der Waals surface area contributed by atoms with E-state index in [2.05, 4.69) is 84.8 Å². The summed E-state index contributed by atoms with van der Waals surface area (Å²) in [6.45, 7) is 10.8. The van der Waals surface area contributed by atoms with Crippen molar-refractivity contribution in [2.45, 2.75) is 64.7 Å². The van der Waals surface area contributed by atoms with Crippen LogP contribution in [-0.2, 0) is 22.6 Å². The van der Waals surface area contributed by atoms with Crippen molar-refractivity contribution in [1.82, 2.24) is 15.5 Å². The largest absolute Gasteiger partial charge is 0.350 e. The van der Waals surface area contributed by atoms with Gasteiger partial charge in [0.15, 0.2) is 0 Å². The maximum atomic E-state index is 14.1. The number of carbonyl (C=O) groups excluding carboxylic acids is 2. The van der Waals surface area contributed by atoms with Crippen LogP contribution in [-0.4, -0.2) is 47.3 Å². The van der Waals surface area contributed by atoms with Crippen molar-refractivity contribution in [2.24, 2.45) is 23.7 Å². The van der Waals surface area contributed by atoms with Crippen LogP contribution in [0.4, 0.5) is 0 Å². The highest BCUT2D eigenvalue weighted by molar-refractivity contribution is 5.91. The molecule has 1 saturated carbocycles. The molecule has 3 aliphatic heterocycles. The average Bonchev–Trinajstić information content (AvgIpc) is 3.13. The Morgan fingerprint density at radius 1 is 1.09 bits per heavy atom. The van der Waals surface area contributed by atoms with Crippen molar-refractivity contribution in [1.29, 1.82) is 0 Å². The Balaban J connectivity index is 1.50. The van der Waals surface area contributed by atoms with E-state index in [-0.39, 0.29) is 35.6 Å². The predicted octanol–water partition coefficient (Wildman–Crippen LogP) is 3.75. The van der Waals surface area contributed by atoms with Crippen LogP contribution in [0.15, 0.2) is 54.6 Å². The van der Waals surface area contributed by atoms with E-state index in [4.69, 9.17) is 0 Å². The summed E-state index contributed by atoms with van der Waals surface area (Å²) >= 11 is 0. The number of carbonyl (C=O) groups is 2. The third kappa shape index (κ3) is 4.45. The number of nitrogens with zero attached hydrogens (tertiary/aromatic N) is 1. The minimum absolute atomic E-state index is 0.0461. The number of hydrogen-bond acceptors (Lipinski definition) is 4. The molecule has 0 spiro atoms. The quantitative estimate of drug-likeness (QED) is 0.613. The Morgan fingerprint density at radius 3 is 2.46 bits per heavy atom. The highest BCUT2D eigenvalue weighted by Crippen LogP contribution is 2.55. The fourth-order valence-electron chi connectivity index (χ4n) is 7.23. The molecule has 1 amide bonds. The van der Waals surface area contributed by atoms with Gasteiger partial charge >= 0.3 is 0 Å². The van der Waals surface area contributed by atoms with Crippen molar-refractivity contribution in [3.8, 4) is 0 Å². The fraction of sp³-hybridized carbons (Fsp3) is 0.533. The van der Waals surface area contributed by atoms with E-state index in [0.29, 0.717) is 18.4 Å². The summed E-state index contributed by atoms with van der Waals surface area (Å²) in [6.07, 6.45) is 1.63. The smallest absolute Gasteiger partial charge is 0.240 e. The van der Waals surface area contributed by atoms with E-state index in [1.165, 1.54) is 11.1 Å². The van der Waals surface area contributed by atoms with Crippen LogP contribution < -0.4 is 10.6 Å². The molecule has 1 unspecified atom stereocenters. The number of likely N-dealkylation sites (tertiary alicyclic amines) is 1. The molecule has 2 aromatic rings. The molecular weight excluding hydrogens is 434 g/mol. The minimum atomic E-state index is -0.743. The SMILES string of the molecule is CC(=O)C1N[C@@]2(C(=O)NCc3ccc(C)cc3)C[C@@H]3CN(CC(C)C)[C@@H]([C@H]13)[C@H]2Cc1ccccc1. The molecule has 5 nitrogen and oxygen atoms in total.